The summed E-state index contributed by atoms with van der Waals surface area (Å²) in [5.41, 5.74) is 3.83. The maximum Gasteiger partial charge on any atom is 0.247 e. The van der Waals surface area contributed by atoms with E-state index >= 15 is 0 Å². The molecule has 1 amide bonds. The maximum absolute atomic E-state index is 12.8. The lowest BCUT2D eigenvalue weighted by Gasteiger charge is -2.30. The molecular formula is C24H25ClN4O2S. The Morgan fingerprint density at radius 1 is 1.19 bits per heavy atom. The minimum atomic E-state index is -0.710. The number of aromatic nitrogens is 3. The number of anilines is 1. The van der Waals surface area contributed by atoms with Crippen LogP contribution >= 0.6 is 23.4 Å². The SMILES string of the molecule is CC(=O)N1c2ccc(C)cc2-c2nnc(SCCC(C)C)nc2OC1c1ccc(Cl)cc1. The molecule has 0 aliphatic carbocycles. The molecule has 0 saturated heterocycles. The van der Waals surface area contributed by atoms with Crippen LogP contribution in [0, 0.1) is 12.8 Å². The van der Waals surface area contributed by atoms with Gasteiger partial charge >= 0.3 is 0 Å². The van der Waals surface area contributed by atoms with Gasteiger partial charge in [-0.25, -0.2) is 0 Å². The summed E-state index contributed by atoms with van der Waals surface area (Å²) in [6, 6.07) is 13.1. The lowest BCUT2D eigenvalue weighted by atomic mass is 10.0. The number of carbonyl (C=O) groups excluding carboxylic acids is 1. The Labute approximate surface area is 197 Å². The minimum Gasteiger partial charge on any atom is -0.447 e. The number of hydrogen-bond acceptors (Lipinski definition) is 6. The monoisotopic (exact) mass is 468 g/mol. The molecule has 4 rings (SSSR count). The van der Waals surface area contributed by atoms with Gasteiger partial charge in [-0.1, -0.05) is 61.0 Å². The molecule has 0 saturated carbocycles. The number of thioether (sulfide) groups is 1. The number of rotatable bonds is 5. The Balaban J connectivity index is 1.84. The van der Waals surface area contributed by atoms with Crippen LogP contribution in [0.3, 0.4) is 0 Å². The molecule has 8 heteroatoms. The fourth-order valence-corrected chi connectivity index (χ4v) is 4.65. The van der Waals surface area contributed by atoms with Crippen LogP contribution in [-0.4, -0.2) is 26.8 Å². The van der Waals surface area contributed by atoms with Gasteiger partial charge in [0.1, 0.15) is 0 Å². The zero-order valence-electron chi connectivity index (χ0n) is 18.5. The summed E-state index contributed by atoms with van der Waals surface area (Å²) in [5.74, 6) is 1.71. The predicted octanol–water partition coefficient (Wildman–Crippen LogP) is 6.08. The maximum atomic E-state index is 12.8. The van der Waals surface area contributed by atoms with E-state index in [2.05, 4.69) is 29.0 Å². The fraction of sp³-hybridized carbons (Fsp3) is 0.333. The van der Waals surface area contributed by atoms with Crippen molar-refractivity contribution in [1.29, 1.82) is 0 Å². The summed E-state index contributed by atoms with van der Waals surface area (Å²) >= 11 is 7.65. The summed E-state index contributed by atoms with van der Waals surface area (Å²) < 4.78 is 6.38. The molecule has 2 heterocycles. The quantitative estimate of drug-likeness (QED) is 0.422. The molecule has 1 aromatic heterocycles. The van der Waals surface area contributed by atoms with E-state index in [0.29, 0.717) is 33.4 Å². The number of hydrogen-bond donors (Lipinski definition) is 0. The first-order valence-electron chi connectivity index (χ1n) is 10.5. The van der Waals surface area contributed by atoms with Crippen LogP contribution in [-0.2, 0) is 4.79 Å². The second kappa shape index (κ2) is 9.46. The van der Waals surface area contributed by atoms with Gasteiger partial charge in [0.2, 0.25) is 23.2 Å². The first-order valence-corrected chi connectivity index (χ1v) is 11.9. The van der Waals surface area contributed by atoms with Crippen LogP contribution in [0.15, 0.2) is 47.6 Å². The Morgan fingerprint density at radius 3 is 2.62 bits per heavy atom. The normalized spacial score (nSPS) is 15.1. The number of carbonyl (C=O) groups is 1. The lowest BCUT2D eigenvalue weighted by Crippen LogP contribution is -2.36. The van der Waals surface area contributed by atoms with Gasteiger partial charge < -0.3 is 4.74 Å². The lowest BCUT2D eigenvalue weighted by molar-refractivity contribution is -0.118. The van der Waals surface area contributed by atoms with Gasteiger partial charge in [0.25, 0.3) is 0 Å². The average molecular weight is 469 g/mol. The van der Waals surface area contributed by atoms with Crippen LogP contribution in [0.1, 0.15) is 44.5 Å². The first-order chi connectivity index (χ1) is 15.3. The van der Waals surface area contributed by atoms with E-state index in [1.807, 2.05) is 37.3 Å². The van der Waals surface area contributed by atoms with E-state index in [-0.39, 0.29) is 5.91 Å². The number of nitrogens with zero attached hydrogens (tertiary/aromatic N) is 4. The van der Waals surface area contributed by atoms with Crippen LogP contribution in [0.4, 0.5) is 5.69 Å². The van der Waals surface area contributed by atoms with Crippen LogP contribution < -0.4 is 9.64 Å². The van der Waals surface area contributed by atoms with Crippen molar-refractivity contribution in [1.82, 2.24) is 15.2 Å². The van der Waals surface area contributed by atoms with Crippen molar-refractivity contribution in [2.75, 3.05) is 10.7 Å². The van der Waals surface area contributed by atoms with E-state index in [1.165, 1.54) is 6.92 Å². The Hall–Kier alpha value is -2.64. The van der Waals surface area contributed by atoms with E-state index in [0.717, 1.165) is 28.9 Å². The molecule has 1 aliphatic rings. The van der Waals surface area contributed by atoms with Crippen molar-refractivity contribution in [2.45, 2.75) is 45.5 Å². The average Bonchev–Trinajstić information content (AvgIpc) is 2.88. The summed E-state index contributed by atoms with van der Waals surface area (Å²) in [7, 11) is 0. The third-order valence-corrected chi connectivity index (χ3v) is 6.30. The summed E-state index contributed by atoms with van der Waals surface area (Å²) in [6.45, 7) is 7.90. The first kappa shape index (κ1) is 22.6. The smallest absolute Gasteiger partial charge is 0.247 e. The second-order valence-electron chi connectivity index (χ2n) is 8.21. The highest BCUT2D eigenvalue weighted by atomic mass is 35.5. The van der Waals surface area contributed by atoms with Gasteiger partial charge in [-0.05, 0) is 43.5 Å². The molecule has 1 atom stereocenters. The van der Waals surface area contributed by atoms with Gasteiger partial charge in [0, 0.05) is 28.8 Å². The number of amides is 1. The van der Waals surface area contributed by atoms with Crippen molar-refractivity contribution < 1.29 is 9.53 Å². The standard InChI is InChI=1S/C24H25ClN4O2S/c1-14(2)11-12-32-24-26-22-21(27-28-24)19-13-15(3)5-10-20(19)29(16(4)30)23(31-22)17-6-8-18(25)9-7-17/h5-10,13-14,23H,11-12H2,1-4H3. The molecule has 2 aromatic carbocycles. The second-order valence-corrected chi connectivity index (χ2v) is 9.71. The van der Waals surface area contributed by atoms with Crippen LogP contribution in [0.2, 0.25) is 5.02 Å². The minimum absolute atomic E-state index is 0.151. The number of aryl methyl sites for hydroxylation is 1. The Kier molecular flexibility index (Phi) is 6.67. The molecule has 0 N–H and O–H groups in total. The van der Waals surface area contributed by atoms with Crippen LogP contribution in [0.5, 0.6) is 5.88 Å². The molecule has 0 spiro atoms. The van der Waals surface area contributed by atoms with Gasteiger partial charge in [-0.15, -0.1) is 10.2 Å². The molecule has 3 aromatic rings. The van der Waals surface area contributed by atoms with Crippen molar-refractivity contribution >= 4 is 35.0 Å². The molecular weight excluding hydrogens is 444 g/mol. The highest BCUT2D eigenvalue weighted by Gasteiger charge is 2.34. The zero-order chi connectivity index (χ0) is 22.8. The molecule has 1 unspecified atom stereocenters. The van der Waals surface area contributed by atoms with Crippen LogP contribution in [0.25, 0.3) is 11.3 Å². The molecule has 1 aliphatic heterocycles. The van der Waals surface area contributed by atoms with Gasteiger partial charge in [0.05, 0.1) is 5.69 Å². The summed E-state index contributed by atoms with van der Waals surface area (Å²) in [6.07, 6.45) is 0.345. The number of ether oxygens (including phenoxy) is 1. The van der Waals surface area contributed by atoms with E-state index in [9.17, 15) is 4.79 Å². The number of fused-ring (bicyclic) bond motifs is 3. The molecule has 0 radical (unpaired) electrons. The van der Waals surface area contributed by atoms with E-state index in [4.69, 9.17) is 16.3 Å². The number of halogens is 1. The van der Waals surface area contributed by atoms with Crippen molar-refractivity contribution in [3.05, 3.63) is 58.6 Å². The van der Waals surface area contributed by atoms with Crippen molar-refractivity contribution in [3.8, 4) is 17.1 Å². The van der Waals surface area contributed by atoms with Crippen molar-refractivity contribution in [3.63, 3.8) is 0 Å². The predicted molar refractivity (Wildman–Crippen MR) is 128 cm³/mol. The molecule has 32 heavy (non-hydrogen) atoms. The van der Waals surface area contributed by atoms with Gasteiger partial charge in [-0.3, -0.25) is 9.69 Å². The largest absolute Gasteiger partial charge is 0.447 e. The topological polar surface area (TPSA) is 68.2 Å². The number of benzene rings is 2. The third-order valence-electron chi connectivity index (χ3n) is 5.18. The van der Waals surface area contributed by atoms with Gasteiger partial charge in [0.15, 0.2) is 5.69 Å². The van der Waals surface area contributed by atoms with Crippen molar-refractivity contribution in [2.24, 2.45) is 5.92 Å². The third kappa shape index (κ3) is 4.74. The van der Waals surface area contributed by atoms with Gasteiger partial charge in [-0.2, -0.15) is 4.98 Å². The van der Waals surface area contributed by atoms with E-state index in [1.54, 1.807) is 28.8 Å². The molecule has 6 nitrogen and oxygen atoms in total. The Bertz CT molecular complexity index is 1140. The molecule has 0 fully saturated rings. The highest BCUT2D eigenvalue weighted by molar-refractivity contribution is 7.99. The Morgan fingerprint density at radius 2 is 1.94 bits per heavy atom. The molecule has 0 bridgehead atoms. The fourth-order valence-electron chi connectivity index (χ4n) is 3.51. The van der Waals surface area contributed by atoms with E-state index < -0.39 is 6.23 Å². The highest BCUT2D eigenvalue weighted by Crippen LogP contribution is 2.44. The zero-order valence-corrected chi connectivity index (χ0v) is 20.1. The summed E-state index contributed by atoms with van der Waals surface area (Å²) in [5, 5.41) is 9.99. The molecule has 166 valence electrons. The summed E-state index contributed by atoms with van der Waals surface area (Å²) in [4.78, 5) is 19.2.